The van der Waals surface area contributed by atoms with Gasteiger partial charge in [0.2, 0.25) is 0 Å². The summed E-state index contributed by atoms with van der Waals surface area (Å²) < 4.78 is 0.934. The molecule has 16 heavy (non-hydrogen) atoms. The standard InChI is InChI=1S/C9H11BrN2O3S/c1-5(8(13)14)12-9(15)11-4-7-6(10)2-3-16-7/h2-3,5H,4H2,1H3,(H,13,14)(H2,11,12,15)/t5-/m1/s1. The van der Waals surface area contributed by atoms with Crippen LogP contribution in [0, 0.1) is 0 Å². The Morgan fingerprint density at radius 2 is 2.31 bits per heavy atom. The highest BCUT2D eigenvalue weighted by atomic mass is 79.9. The first kappa shape index (κ1) is 13.0. The van der Waals surface area contributed by atoms with Gasteiger partial charge in [0.25, 0.3) is 0 Å². The highest BCUT2D eigenvalue weighted by Gasteiger charge is 2.13. The lowest BCUT2D eigenvalue weighted by atomic mass is 10.3. The van der Waals surface area contributed by atoms with Gasteiger partial charge in [0, 0.05) is 9.35 Å². The minimum absolute atomic E-state index is 0.371. The van der Waals surface area contributed by atoms with Gasteiger partial charge in [-0.2, -0.15) is 0 Å². The molecule has 7 heteroatoms. The average molecular weight is 307 g/mol. The number of rotatable bonds is 4. The second-order valence-corrected chi connectivity index (χ2v) is 4.93. The molecule has 1 heterocycles. The van der Waals surface area contributed by atoms with E-state index in [4.69, 9.17) is 5.11 Å². The lowest BCUT2D eigenvalue weighted by molar-refractivity contribution is -0.138. The largest absolute Gasteiger partial charge is 0.480 e. The second kappa shape index (κ2) is 5.86. The number of carboxylic acids is 1. The van der Waals surface area contributed by atoms with E-state index in [0.717, 1.165) is 9.35 Å². The average Bonchev–Trinajstić information content (AvgIpc) is 2.61. The number of hydrogen-bond donors (Lipinski definition) is 3. The van der Waals surface area contributed by atoms with E-state index in [0.29, 0.717) is 6.54 Å². The van der Waals surface area contributed by atoms with Gasteiger partial charge in [0.1, 0.15) is 6.04 Å². The van der Waals surface area contributed by atoms with E-state index in [2.05, 4.69) is 26.6 Å². The zero-order valence-electron chi connectivity index (χ0n) is 8.49. The number of thiophene rings is 1. The Kier molecular flexibility index (Phi) is 4.75. The maximum absolute atomic E-state index is 11.3. The predicted octanol–water partition coefficient (Wildman–Crippen LogP) is 1.78. The molecule has 1 atom stereocenters. The molecule has 0 aliphatic heterocycles. The monoisotopic (exact) mass is 306 g/mol. The van der Waals surface area contributed by atoms with E-state index in [9.17, 15) is 9.59 Å². The molecule has 1 aromatic rings. The molecule has 1 rings (SSSR count). The molecular weight excluding hydrogens is 296 g/mol. The third-order valence-electron chi connectivity index (χ3n) is 1.82. The molecule has 0 bridgehead atoms. The van der Waals surface area contributed by atoms with Crippen LogP contribution in [0.25, 0.3) is 0 Å². The summed E-state index contributed by atoms with van der Waals surface area (Å²) in [5.74, 6) is -1.06. The van der Waals surface area contributed by atoms with Crippen molar-refractivity contribution in [1.82, 2.24) is 10.6 Å². The number of aliphatic carboxylic acids is 1. The molecule has 0 spiro atoms. The van der Waals surface area contributed by atoms with Gasteiger partial charge in [-0.25, -0.2) is 4.79 Å². The van der Waals surface area contributed by atoms with Gasteiger partial charge >= 0.3 is 12.0 Å². The molecule has 2 amide bonds. The van der Waals surface area contributed by atoms with Crippen molar-refractivity contribution in [2.24, 2.45) is 0 Å². The summed E-state index contributed by atoms with van der Waals surface area (Å²) in [7, 11) is 0. The van der Waals surface area contributed by atoms with Gasteiger partial charge in [-0.05, 0) is 34.3 Å². The highest BCUT2D eigenvalue weighted by Crippen LogP contribution is 2.21. The quantitative estimate of drug-likeness (QED) is 0.793. The Labute approximate surface area is 105 Å². The van der Waals surface area contributed by atoms with E-state index >= 15 is 0 Å². The van der Waals surface area contributed by atoms with Crippen molar-refractivity contribution < 1.29 is 14.7 Å². The summed E-state index contributed by atoms with van der Waals surface area (Å²) in [5, 5.41) is 15.4. The van der Waals surface area contributed by atoms with Crippen molar-refractivity contribution in [2.45, 2.75) is 19.5 Å². The second-order valence-electron chi connectivity index (χ2n) is 3.08. The van der Waals surface area contributed by atoms with Crippen molar-refractivity contribution in [3.05, 3.63) is 20.8 Å². The first-order valence-corrected chi connectivity index (χ1v) is 6.17. The number of amides is 2. The third-order valence-corrected chi connectivity index (χ3v) is 3.74. The fourth-order valence-corrected chi connectivity index (χ4v) is 2.35. The molecule has 0 saturated heterocycles. The summed E-state index contributed by atoms with van der Waals surface area (Å²) in [4.78, 5) is 22.7. The van der Waals surface area contributed by atoms with Crippen LogP contribution in [0.4, 0.5) is 4.79 Å². The maximum atomic E-state index is 11.3. The Bertz CT molecular complexity index is 394. The van der Waals surface area contributed by atoms with Gasteiger partial charge < -0.3 is 15.7 Å². The molecule has 3 N–H and O–H groups in total. The topological polar surface area (TPSA) is 78.4 Å². The number of halogens is 1. The van der Waals surface area contributed by atoms with Crippen molar-refractivity contribution in [3.8, 4) is 0 Å². The van der Waals surface area contributed by atoms with E-state index in [1.165, 1.54) is 18.3 Å². The molecule has 0 aliphatic carbocycles. The molecule has 0 radical (unpaired) electrons. The van der Waals surface area contributed by atoms with Crippen molar-refractivity contribution in [3.63, 3.8) is 0 Å². The van der Waals surface area contributed by atoms with Crippen LogP contribution in [0.3, 0.4) is 0 Å². The number of carbonyl (C=O) groups excluding carboxylic acids is 1. The summed E-state index contributed by atoms with van der Waals surface area (Å²) in [6.07, 6.45) is 0. The SMILES string of the molecule is C[C@@H](NC(=O)NCc1sccc1Br)C(=O)O. The van der Waals surface area contributed by atoms with Crippen LogP contribution >= 0.6 is 27.3 Å². The van der Waals surface area contributed by atoms with Crippen LogP contribution in [-0.4, -0.2) is 23.1 Å². The Hall–Kier alpha value is -1.08. The first-order valence-electron chi connectivity index (χ1n) is 4.49. The summed E-state index contributed by atoms with van der Waals surface area (Å²) in [5.41, 5.74) is 0. The van der Waals surface area contributed by atoms with Crippen molar-refractivity contribution >= 4 is 39.3 Å². The molecule has 1 aromatic heterocycles. The van der Waals surface area contributed by atoms with Crippen LogP contribution in [0.1, 0.15) is 11.8 Å². The Balaban J connectivity index is 2.36. The molecule has 0 fully saturated rings. The van der Waals surface area contributed by atoms with Gasteiger partial charge in [-0.3, -0.25) is 4.79 Å². The van der Waals surface area contributed by atoms with E-state index < -0.39 is 18.0 Å². The highest BCUT2D eigenvalue weighted by molar-refractivity contribution is 9.10. The molecule has 5 nitrogen and oxygen atoms in total. The number of hydrogen-bond acceptors (Lipinski definition) is 3. The smallest absolute Gasteiger partial charge is 0.325 e. The van der Waals surface area contributed by atoms with Gasteiger partial charge in [-0.15, -0.1) is 11.3 Å². The third kappa shape index (κ3) is 3.82. The van der Waals surface area contributed by atoms with E-state index in [1.54, 1.807) is 0 Å². The molecule has 0 aromatic carbocycles. The Morgan fingerprint density at radius 1 is 1.62 bits per heavy atom. The van der Waals surface area contributed by atoms with Gasteiger partial charge in [0.15, 0.2) is 0 Å². The normalized spacial score (nSPS) is 11.9. The number of urea groups is 1. The fraction of sp³-hybridized carbons (Fsp3) is 0.333. The fourth-order valence-electron chi connectivity index (χ4n) is 0.921. The minimum Gasteiger partial charge on any atom is -0.480 e. The van der Waals surface area contributed by atoms with Crippen LogP contribution in [0.5, 0.6) is 0 Å². The molecule has 0 saturated carbocycles. The van der Waals surface area contributed by atoms with Gasteiger partial charge in [0.05, 0.1) is 6.54 Å². The Morgan fingerprint density at radius 3 is 2.81 bits per heavy atom. The zero-order chi connectivity index (χ0) is 12.1. The molecule has 0 unspecified atom stereocenters. The van der Waals surface area contributed by atoms with E-state index in [1.807, 2.05) is 11.4 Å². The molecule has 88 valence electrons. The molecule has 0 aliphatic rings. The summed E-state index contributed by atoms with van der Waals surface area (Å²) in [6.45, 7) is 1.78. The van der Waals surface area contributed by atoms with Crippen molar-refractivity contribution in [1.29, 1.82) is 0 Å². The predicted molar refractivity (Wildman–Crippen MR) is 64.5 cm³/mol. The van der Waals surface area contributed by atoms with Crippen molar-refractivity contribution in [2.75, 3.05) is 0 Å². The zero-order valence-corrected chi connectivity index (χ0v) is 10.9. The lowest BCUT2D eigenvalue weighted by Gasteiger charge is -2.10. The first-order chi connectivity index (χ1) is 7.50. The lowest BCUT2D eigenvalue weighted by Crippen LogP contribution is -2.44. The number of nitrogens with one attached hydrogen (secondary N) is 2. The summed E-state index contributed by atoms with van der Waals surface area (Å²) in [6, 6.07) is 0.501. The van der Waals surface area contributed by atoms with Crippen LogP contribution < -0.4 is 10.6 Å². The van der Waals surface area contributed by atoms with Gasteiger partial charge in [-0.1, -0.05) is 0 Å². The van der Waals surface area contributed by atoms with Crippen LogP contribution in [0.2, 0.25) is 0 Å². The number of carboxylic acid groups (broad SMARTS) is 1. The summed E-state index contributed by atoms with van der Waals surface area (Å²) >= 11 is 4.85. The number of carbonyl (C=O) groups is 2. The minimum atomic E-state index is -1.06. The molecular formula is C9H11BrN2O3S. The van der Waals surface area contributed by atoms with Crippen LogP contribution in [0.15, 0.2) is 15.9 Å². The van der Waals surface area contributed by atoms with E-state index in [-0.39, 0.29) is 0 Å². The van der Waals surface area contributed by atoms with Crippen LogP contribution in [-0.2, 0) is 11.3 Å². The maximum Gasteiger partial charge on any atom is 0.325 e.